The van der Waals surface area contributed by atoms with Crippen molar-refractivity contribution in [1.29, 1.82) is 0 Å². The molecule has 3 nitrogen and oxygen atoms in total. The Hall–Kier alpha value is -7.36. The maximum Gasteiger partial charge on any atom is 0.160 e. The summed E-state index contributed by atoms with van der Waals surface area (Å²) in [6.07, 6.45) is 0. The molecule has 0 atom stereocenters. The first kappa shape index (κ1) is 33.9. The van der Waals surface area contributed by atoms with Gasteiger partial charge in [0, 0.05) is 38.6 Å². The first-order valence-corrected chi connectivity index (χ1v) is 20.0. The van der Waals surface area contributed by atoms with E-state index in [4.69, 9.17) is 9.97 Å². The molecular weight excluding hydrogens is 703 g/mol. The van der Waals surface area contributed by atoms with Gasteiger partial charge in [0.2, 0.25) is 0 Å². The molecule has 0 saturated heterocycles. The maximum atomic E-state index is 5.18. The van der Waals surface area contributed by atoms with Crippen molar-refractivity contribution >= 4 is 21.8 Å². The van der Waals surface area contributed by atoms with E-state index >= 15 is 0 Å². The van der Waals surface area contributed by atoms with Crippen LogP contribution in [0.3, 0.4) is 0 Å². The number of rotatable bonds is 6. The third kappa shape index (κ3) is 5.43. The van der Waals surface area contributed by atoms with E-state index in [1.165, 1.54) is 60.8 Å². The van der Waals surface area contributed by atoms with E-state index in [9.17, 15) is 0 Å². The van der Waals surface area contributed by atoms with Crippen LogP contribution in [-0.2, 0) is 5.41 Å². The zero-order valence-electron chi connectivity index (χ0n) is 32.4. The average Bonchev–Trinajstić information content (AvgIpc) is 3.75. The zero-order chi connectivity index (χ0) is 38.8. The van der Waals surface area contributed by atoms with Crippen molar-refractivity contribution in [2.75, 3.05) is 0 Å². The minimum atomic E-state index is -0.124. The molecule has 2 aromatic heterocycles. The van der Waals surface area contributed by atoms with Crippen LogP contribution in [-0.4, -0.2) is 14.5 Å². The summed E-state index contributed by atoms with van der Waals surface area (Å²) in [5.74, 6) is 0.699. The Morgan fingerprint density at radius 2 is 0.948 bits per heavy atom. The molecule has 274 valence electrons. The van der Waals surface area contributed by atoms with Crippen molar-refractivity contribution < 1.29 is 0 Å². The fourth-order valence-corrected chi connectivity index (χ4v) is 9.34. The largest absolute Gasteiger partial charge is 0.309 e. The second-order valence-corrected chi connectivity index (χ2v) is 15.8. The SMILES string of the molecule is CC1(C)c2ccccc2-c2cccc(-c3ccc4c(c3)c3c(-c5cccc(-c6nc(-c7ccccc7)cc(-c7ccccc7)n6)c5)cccc3n4-c3ccccc3)c21. The van der Waals surface area contributed by atoms with Gasteiger partial charge in [0.15, 0.2) is 5.82 Å². The molecule has 0 bridgehead atoms. The van der Waals surface area contributed by atoms with E-state index < -0.39 is 0 Å². The average molecular weight is 742 g/mol. The predicted molar refractivity (Wildman–Crippen MR) is 241 cm³/mol. The Morgan fingerprint density at radius 3 is 1.69 bits per heavy atom. The second-order valence-electron chi connectivity index (χ2n) is 15.8. The quantitative estimate of drug-likeness (QED) is 0.170. The van der Waals surface area contributed by atoms with Crippen molar-refractivity contribution in [3.63, 3.8) is 0 Å². The molecule has 0 unspecified atom stereocenters. The van der Waals surface area contributed by atoms with Gasteiger partial charge >= 0.3 is 0 Å². The van der Waals surface area contributed by atoms with Crippen LogP contribution in [0.25, 0.3) is 94.8 Å². The van der Waals surface area contributed by atoms with Crippen LogP contribution < -0.4 is 0 Å². The van der Waals surface area contributed by atoms with Crippen molar-refractivity contribution in [3.8, 4) is 73.0 Å². The molecule has 1 aliphatic rings. The molecule has 0 N–H and O–H groups in total. The van der Waals surface area contributed by atoms with E-state index in [1.807, 2.05) is 12.1 Å². The summed E-state index contributed by atoms with van der Waals surface area (Å²) < 4.78 is 2.41. The van der Waals surface area contributed by atoms with Crippen LogP contribution in [0.15, 0.2) is 200 Å². The Kier molecular flexibility index (Phi) is 7.84. The molecule has 1 aliphatic carbocycles. The van der Waals surface area contributed by atoms with Crippen molar-refractivity contribution in [2.45, 2.75) is 19.3 Å². The summed E-state index contributed by atoms with van der Waals surface area (Å²) in [6, 6.07) is 71.8. The van der Waals surface area contributed by atoms with Gasteiger partial charge in [-0.25, -0.2) is 9.97 Å². The summed E-state index contributed by atoms with van der Waals surface area (Å²) in [5.41, 5.74) is 18.5. The lowest BCUT2D eigenvalue weighted by molar-refractivity contribution is 0.662. The highest BCUT2D eigenvalue weighted by Crippen LogP contribution is 2.52. The number of benzene rings is 8. The van der Waals surface area contributed by atoms with Crippen molar-refractivity contribution in [3.05, 3.63) is 211 Å². The highest BCUT2D eigenvalue weighted by atomic mass is 15.0. The van der Waals surface area contributed by atoms with Crippen LogP contribution in [0.4, 0.5) is 0 Å². The maximum absolute atomic E-state index is 5.18. The lowest BCUT2D eigenvalue weighted by atomic mass is 9.79. The van der Waals surface area contributed by atoms with Crippen molar-refractivity contribution in [2.24, 2.45) is 0 Å². The molecule has 58 heavy (non-hydrogen) atoms. The van der Waals surface area contributed by atoms with E-state index in [-0.39, 0.29) is 5.41 Å². The van der Waals surface area contributed by atoms with E-state index in [1.54, 1.807) is 0 Å². The monoisotopic (exact) mass is 741 g/mol. The minimum Gasteiger partial charge on any atom is -0.309 e. The highest BCUT2D eigenvalue weighted by Gasteiger charge is 2.37. The number of aromatic nitrogens is 3. The van der Waals surface area contributed by atoms with Gasteiger partial charge in [0.05, 0.1) is 22.4 Å². The molecule has 8 aromatic carbocycles. The molecule has 0 amide bonds. The summed E-state index contributed by atoms with van der Waals surface area (Å²) in [4.78, 5) is 10.4. The van der Waals surface area contributed by atoms with Crippen LogP contribution in [0.1, 0.15) is 25.0 Å². The Balaban J connectivity index is 1.12. The van der Waals surface area contributed by atoms with E-state index in [2.05, 4.69) is 206 Å². The fraction of sp³-hybridized carbons (Fsp3) is 0.0545. The summed E-state index contributed by atoms with van der Waals surface area (Å²) in [5, 5.41) is 2.44. The minimum absolute atomic E-state index is 0.124. The van der Waals surface area contributed by atoms with Gasteiger partial charge in [-0.2, -0.15) is 0 Å². The van der Waals surface area contributed by atoms with Gasteiger partial charge in [-0.3, -0.25) is 0 Å². The van der Waals surface area contributed by atoms with Gasteiger partial charge in [0.25, 0.3) is 0 Å². The summed E-state index contributed by atoms with van der Waals surface area (Å²) in [7, 11) is 0. The summed E-state index contributed by atoms with van der Waals surface area (Å²) in [6.45, 7) is 4.74. The van der Waals surface area contributed by atoms with Gasteiger partial charge in [-0.05, 0) is 87.0 Å². The Bertz CT molecular complexity index is 3120. The zero-order valence-corrected chi connectivity index (χ0v) is 32.4. The van der Waals surface area contributed by atoms with E-state index in [0.29, 0.717) is 5.82 Å². The fourth-order valence-electron chi connectivity index (χ4n) is 9.34. The topological polar surface area (TPSA) is 30.7 Å². The first-order valence-electron chi connectivity index (χ1n) is 20.0. The van der Waals surface area contributed by atoms with E-state index in [0.717, 1.165) is 39.3 Å². The first-order chi connectivity index (χ1) is 28.5. The molecule has 0 fully saturated rings. The molecule has 0 spiro atoms. The van der Waals surface area contributed by atoms with Gasteiger partial charge in [0.1, 0.15) is 0 Å². The number of fused-ring (bicyclic) bond motifs is 6. The number of para-hydroxylation sites is 1. The van der Waals surface area contributed by atoms with Crippen LogP contribution in [0.2, 0.25) is 0 Å². The Morgan fingerprint density at radius 1 is 0.397 bits per heavy atom. The number of hydrogen-bond donors (Lipinski definition) is 0. The van der Waals surface area contributed by atoms with Gasteiger partial charge < -0.3 is 4.57 Å². The molecule has 0 saturated carbocycles. The Labute approximate surface area is 338 Å². The molecule has 0 aliphatic heterocycles. The van der Waals surface area contributed by atoms with Crippen LogP contribution in [0.5, 0.6) is 0 Å². The molecule has 2 heterocycles. The molecule has 3 heteroatoms. The lowest BCUT2D eigenvalue weighted by Gasteiger charge is -2.24. The number of nitrogens with zero attached hydrogens (tertiary/aromatic N) is 3. The third-order valence-corrected chi connectivity index (χ3v) is 12.0. The molecule has 11 rings (SSSR count). The normalized spacial score (nSPS) is 12.8. The van der Waals surface area contributed by atoms with Gasteiger partial charge in [-0.1, -0.05) is 172 Å². The summed E-state index contributed by atoms with van der Waals surface area (Å²) >= 11 is 0. The van der Waals surface area contributed by atoms with Crippen LogP contribution in [0, 0.1) is 0 Å². The highest BCUT2D eigenvalue weighted by molar-refractivity contribution is 6.17. The van der Waals surface area contributed by atoms with Crippen LogP contribution >= 0.6 is 0 Å². The smallest absolute Gasteiger partial charge is 0.160 e. The molecule has 0 radical (unpaired) electrons. The third-order valence-electron chi connectivity index (χ3n) is 12.0. The lowest BCUT2D eigenvalue weighted by Crippen LogP contribution is -2.16. The van der Waals surface area contributed by atoms with Gasteiger partial charge in [-0.15, -0.1) is 0 Å². The molecular formula is C55H39N3. The molecule has 10 aromatic rings. The van der Waals surface area contributed by atoms with Crippen molar-refractivity contribution in [1.82, 2.24) is 14.5 Å². The second kappa shape index (κ2) is 13.4. The standard InChI is InChI=1S/C55H39N3/c1-55(2)47-29-13-12-25-44(47)45-28-15-27-43(53(45)55)39-31-32-50-46(34-39)52-42(26-16-30-51(52)58(50)41-23-10-5-11-24-41)38-21-14-22-40(33-38)54-56-48(36-17-6-3-7-18-36)35-49(57-54)37-19-8-4-9-20-37/h3-35H,1-2H3. The number of hydrogen-bond acceptors (Lipinski definition) is 2. The predicted octanol–water partition coefficient (Wildman–Crippen LogP) is 14.2.